The maximum atomic E-state index is 5.28. The average Bonchev–Trinajstić information content (AvgIpc) is 2.39. The van der Waals surface area contributed by atoms with Crippen molar-refractivity contribution in [2.24, 2.45) is 0 Å². The Morgan fingerprint density at radius 1 is 1.29 bits per heavy atom. The molecule has 0 bridgehead atoms. The van der Waals surface area contributed by atoms with Crippen molar-refractivity contribution in [1.82, 2.24) is 9.97 Å². The molecule has 0 aromatic carbocycles. The molecule has 1 unspecified atom stereocenters. The molecular formula is C16H30N4O. The molecule has 0 aliphatic carbocycles. The van der Waals surface area contributed by atoms with Gasteiger partial charge in [-0.25, -0.2) is 9.97 Å². The van der Waals surface area contributed by atoms with Crippen molar-refractivity contribution in [2.75, 3.05) is 37.0 Å². The van der Waals surface area contributed by atoms with Crippen molar-refractivity contribution in [3.05, 3.63) is 11.9 Å². The minimum absolute atomic E-state index is 0.0793. The first-order valence-corrected chi connectivity index (χ1v) is 7.72. The van der Waals surface area contributed by atoms with E-state index in [0.29, 0.717) is 6.61 Å². The zero-order valence-corrected chi connectivity index (χ0v) is 14.5. The summed E-state index contributed by atoms with van der Waals surface area (Å²) in [6.45, 7) is 15.2. The number of nitrogens with zero attached hydrogens (tertiary/aromatic N) is 3. The molecule has 1 aromatic rings. The number of hydrogen-bond donors (Lipinski definition) is 1. The number of rotatable bonds is 7. The first-order valence-electron chi connectivity index (χ1n) is 7.72. The summed E-state index contributed by atoms with van der Waals surface area (Å²) in [6, 6.07) is 2.30. The summed E-state index contributed by atoms with van der Waals surface area (Å²) in [5, 5.41) is 3.30. The summed E-state index contributed by atoms with van der Waals surface area (Å²) < 4.78 is 5.28. The molecule has 5 nitrogen and oxygen atoms in total. The summed E-state index contributed by atoms with van der Waals surface area (Å²) in [4.78, 5) is 11.7. The van der Waals surface area contributed by atoms with Crippen LogP contribution in [0.25, 0.3) is 0 Å². The molecule has 1 rings (SSSR count). The van der Waals surface area contributed by atoms with Crippen LogP contribution < -0.4 is 10.2 Å². The van der Waals surface area contributed by atoms with Gasteiger partial charge in [0.05, 0.1) is 12.6 Å². The molecule has 21 heavy (non-hydrogen) atoms. The van der Waals surface area contributed by atoms with Gasteiger partial charge in [-0.15, -0.1) is 0 Å². The van der Waals surface area contributed by atoms with Crippen molar-refractivity contribution in [3.63, 3.8) is 0 Å². The highest BCUT2D eigenvalue weighted by Gasteiger charge is 2.22. The lowest BCUT2D eigenvalue weighted by molar-refractivity contribution is 0.181. The molecule has 1 heterocycles. The first kappa shape index (κ1) is 17.7. The lowest BCUT2D eigenvalue weighted by atomic mass is 9.95. The maximum Gasteiger partial charge on any atom is 0.138 e. The van der Waals surface area contributed by atoms with E-state index in [1.54, 1.807) is 7.11 Å². The molecule has 0 aliphatic heterocycles. The molecule has 1 aromatic heterocycles. The Labute approximate surface area is 129 Å². The Balaban J connectivity index is 3.22. The molecule has 0 fully saturated rings. The van der Waals surface area contributed by atoms with Crippen LogP contribution in [0.15, 0.2) is 6.07 Å². The van der Waals surface area contributed by atoms with E-state index in [1.165, 1.54) is 0 Å². The number of anilines is 2. The molecule has 1 atom stereocenters. The van der Waals surface area contributed by atoms with Crippen LogP contribution in [0.4, 0.5) is 11.6 Å². The lowest BCUT2D eigenvalue weighted by Crippen LogP contribution is -2.37. The van der Waals surface area contributed by atoms with Crippen LogP contribution in [0.3, 0.4) is 0 Å². The zero-order chi connectivity index (χ0) is 16.0. The van der Waals surface area contributed by atoms with Gasteiger partial charge in [0.25, 0.3) is 0 Å². The van der Waals surface area contributed by atoms with Gasteiger partial charge in [-0.1, -0.05) is 20.8 Å². The highest BCUT2D eigenvalue weighted by molar-refractivity contribution is 5.50. The van der Waals surface area contributed by atoms with Crippen LogP contribution in [-0.2, 0) is 10.2 Å². The summed E-state index contributed by atoms with van der Waals surface area (Å²) in [7, 11) is 1.73. The van der Waals surface area contributed by atoms with Gasteiger partial charge in [0.15, 0.2) is 0 Å². The molecule has 0 aliphatic rings. The van der Waals surface area contributed by atoms with Crippen LogP contribution in [0.1, 0.15) is 47.4 Å². The molecule has 0 radical (unpaired) electrons. The van der Waals surface area contributed by atoms with E-state index in [2.05, 4.69) is 56.7 Å². The number of likely N-dealkylation sites (N-methyl/N-ethyl adjacent to an activating group) is 1. The normalized spacial score (nSPS) is 13.1. The van der Waals surface area contributed by atoms with Crippen molar-refractivity contribution in [2.45, 2.75) is 53.0 Å². The van der Waals surface area contributed by atoms with E-state index in [4.69, 9.17) is 9.72 Å². The average molecular weight is 294 g/mol. The SMILES string of the molecule is CCNc1cc(N(CC)C(C)COC)nc(C(C)(C)C)n1. The van der Waals surface area contributed by atoms with Gasteiger partial charge >= 0.3 is 0 Å². The number of aromatic nitrogens is 2. The smallest absolute Gasteiger partial charge is 0.138 e. The Morgan fingerprint density at radius 3 is 2.43 bits per heavy atom. The van der Waals surface area contributed by atoms with Crippen LogP contribution in [0.5, 0.6) is 0 Å². The third kappa shape index (κ3) is 4.84. The minimum Gasteiger partial charge on any atom is -0.383 e. The Morgan fingerprint density at radius 2 is 1.95 bits per heavy atom. The molecule has 1 N–H and O–H groups in total. The predicted molar refractivity (Wildman–Crippen MR) is 89.3 cm³/mol. The topological polar surface area (TPSA) is 50.3 Å². The summed E-state index contributed by atoms with van der Waals surface area (Å²) in [5.74, 6) is 2.70. The number of hydrogen-bond acceptors (Lipinski definition) is 5. The van der Waals surface area contributed by atoms with Gasteiger partial charge in [-0.3, -0.25) is 0 Å². The number of ether oxygens (including phenoxy) is 1. The summed E-state index contributed by atoms with van der Waals surface area (Å²) >= 11 is 0. The fourth-order valence-corrected chi connectivity index (χ4v) is 2.22. The molecule has 0 amide bonds. The van der Waals surface area contributed by atoms with Crippen LogP contribution in [0.2, 0.25) is 0 Å². The predicted octanol–water partition coefficient (Wildman–Crippen LogP) is 3.07. The highest BCUT2D eigenvalue weighted by Crippen LogP contribution is 2.25. The third-order valence-electron chi connectivity index (χ3n) is 3.32. The van der Waals surface area contributed by atoms with Gasteiger partial charge in [0, 0.05) is 31.7 Å². The van der Waals surface area contributed by atoms with Gasteiger partial charge in [0.1, 0.15) is 17.5 Å². The van der Waals surface area contributed by atoms with E-state index < -0.39 is 0 Å². The van der Waals surface area contributed by atoms with Crippen molar-refractivity contribution in [1.29, 1.82) is 0 Å². The highest BCUT2D eigenvalue weighted by atomic mass is 16.5. The summed E-state index contributed by atoms with van der Waals surface area (Å²) in [6.07, 6.45) is 0. The van der Waals surface area contributed by atoms with Crippen LogP contribution in [-0.4, -0.2) is 42.8 Å². The van der Waals surface area contributed by atoms with Crippen molar-refractivity contribution < 1.29 is 4.74 Å². The first-order chi connectivity index (χ1) is 9.83. The second kappa shape index (κ2) is 7.59. The second-order valence-corrected chi connectivity index (χ2v) is 6.31. The molecular weight excluding hydrogens is 264 g/mol. The van der Waals surface area contributed by atoms with E-state index >= 15 is 0 Å². The fraction of sp³-hybridized carbons (Fsp3) is 0.750. The Kier molecular flexibility index (Phi) is 6.40. The van der Waals surface area contributed by atoms with Gasteiger partial charge in [-0.05, 0) is 20.8 Å². The zero-order valence-electron chi connectivity index (χ0n) is 14.5. The molecule has 0 spiro atoms. The van der Waals surface area contributed by atoms with E-state index in [0.717, 1.165) is 30.5 Å². The van der Waals surface area contributed by atoms with Crippen LogP contribution in [0, 0.1) is 0 Å². The third-order valence-corrected chi connectivity index (χ3v) is 3.32. The Hall–Kier alpha value is -1.36. The van der Waals surface area contributed by atoms with E-state index in [9.17, 15) is 0 Å². The van der Waals surface area contributed by atoms with Crippen molar-refractivity contribution >= 4 is 11.6 Å². The summed E-state index contributed by atoms with van der Waals surface area (Å²) in [5.41, 5.74) is -0.0793. The van der Waals surface area contributed by atoms with E-state index in [-0.39, 0.29) is 11.5 Å². The number of methoxy groups -OCH3 is 1. The maximum absolute atomic E-state index is 5.28. The largest absolute Gasteiger partial charge is 0.383 e. The fourth-order valence-electron chi connectivity index (χ4n) is 2.22. The quantitative estimate of drug-likeness (QED) is 0.837. The molecule has 5 heteroatoms. The molecule has 0 saturated carbocycles. The van der Waals surface area contributed by atoms with Crippen LogP contribution >= 0.6 is 0 Å². The van der Waals surface area contributed by atoms with Gasteiger partial charge in [0.2, 0.25) is 0 Å². The van der Waals surface area contributed by atoms with E-state index in [1.807, 2.05) is 6.07 Å². The van der Waals surface area contributed by atoms with Gasteiger partial charge < -0.3 is 15.0 Å². The standard InChI is InChI=1S/C16H30N4O/c1-8-17-13-10-14(19-15(18-13)16(4,5)6)20(9-2)12(3)11-21-7/h10,12H,8-9,11H2,1-7H3,(H,17,18,19). The lowest BCUT2D eigenvalue weighted by Gasteiger charge is -2.30. The van der Waals surface area contributed by atoms with Crippen molar-refractivity contribution in [3.8, 4) is 0 Å². The Bertz CT molecular complexity index is 442. The van der Waals surface area contributed by atoms with Gasteiger partial charge in [-0.2, -0.15) is 0 Å². The minimum atomic E-state index is -0.0793. The monoisotopic (exact) mass is 294 g/mol. The number of nitrogens with one attached hydrogen (secondary N) is 1. The second-order valence-electron chi connectivity index (χ2n) is 6.31. The molecule has 0 saturated heterocycles. The molecule has 120 valence electrons.